The Labute approximate surface area is 219 Å². The van der Waals surface area contributed by atoms with Crippen molar-refractivity contribution < 1.29 is 23.9 Å². The fourth-order valence-corrected chi connectivity index (χ4v) is 3.37. The Balaban J connectivity index is 0.000000717. The van der Waals surface area contributed by atoms with Crippen molar-refractivity contribution in [3.8, 4) is 5.75 Å². The van der Waals surface area contributed by atoms with Gasteiger partial charge < -0.3 is 19.7 Å². The summed E-state index contributed by atoms with van der Waals surface area (Å²) in [6, 6.07) is 15.1. The molecular formula is C30H36N2O5. The van der Waals surface area contributed by atoms with E-state index >= 15 is 0 Å². The Hall–Kier alpha value is -4.13. The van der Waals surface area contributed by atoms with Crippen LogP contribution in [-0.4, -0.2) is 42.9 Å². The molecule has 0 saturated carbocycles. The maximum Gasteiger partial charge on any atom is 0.305 e. The van der Waals surface area contributed by atoms with Crippen LogP contribution in [0.5, 0.6) is 5.75 Å². The zero-order chi connectivity index (χ0) is 27.2. The molecule has 0 atom stereocenters. The number of hydrogen-bond donors (Lipinski definition) is 1. The van der Waals surface area contributed by atoms with E-state index in [1.807, 2.05) is 55.5 Å². The number of nitrogens with one attached hydrogen (secondary N) is 1. The van der Waals surface area contributed by atoms with Gasteiger partial charge in [-0.3, -0.25) is 14.4 Å². The van der Waals surface area contributed by atoms with Crippen molar-refractivity contribution in [1.82, 2.24) is 10.2 Å². The van der Waals surface area contributed by atoms with Crippen molar-refractivity contribution in [2.24, 2.45) is 0 Å². The molecule has 0 radical (unpaired) electrons. The summed E-state index contributed by atoms with van der Waals surface area (Å²) >= 11 is 0. The van der Waals surface area contributed by atoms with Gasteiger partial charge in [0.1, 0.15) is 18.9 Å². The molecule has 0 fully saturated rings. The maximum atomic E-state index is 12.8. The van der Waals surface area contributed by atoms with Gasteiger partial charge in [0.15, 0.2) is 0 Å². The number of amides is 2. The van der Waals surface area contributed by atoms with Crippen LogP contribution in [-0.2, 0) is 27.4 Å². The van der Waals surface area contributed by atoms with Crippen molar-refractivity contribution in [3.63, 3.8) is 0 Å². The van der Waals surface area contributed by atoms with Crippen molar-refractivity contribution in [2.45, 2.75) is 39.8 Å². The highest BCUT2D eigenvalue weighted by Gasteiger charge is 2.31. The molecule has 0 aliphatic carbocycles. The number of nitrogens with zero attached hydrogens (tertiary/aromatic N) is 1. The zero-order valence-electron chi connectivity index (χ0n) is 21.9. The predicted molar refractivity (Wildman–Crippen MR) is 145 cm³/mol. The van der Waals surface area contributed by atoms with Gasteiger partial charge in [-0.2, -0.15) is 0 Å². The first-order valence-corrected chi connectivity index (χ1v) is 12.2. The molecule has 0 unspecified atom stereocenters. The zero-order valence-corrected chi connectivity index (χ0v) is 21.9. The van der Waals surface area contributed by atoms with E-state index in [2.05, 4.69) is 23.2 Å². The van der Waals surface area contributed by atoms with E-state index in [0.717, 1.165) is 28.7 Å². The molecule has 196 valence electrons. The SMILES string of the molecule is C=C(/C=C\C(=C)COc1cccc2c1CN(CC(=O)NCc1ccccc1)C2=O)CC.CCC(=O)OC. The average Bonchev–Trinajstić information content (AvgIpc) is 3.24. The van der Waals surface area contributed by atoms with Crippen LogP contribution in [0.3, 0.4) is 0 Å². The number of hydrogen-bond acceptors (Lipinski definition) is 5. The third kappa shape index (κ3) is 9.44. The summed E-state index contributed by atoms with van der Waals surface area (Å²) in [5.74, 6) is 0.132. The first-order chi connectivity index (χ1) is 17.8. The van der Waals surface area contributed by atoms with Crippen LogP contribution in [0.4, 0.5) is 0 Å². The number of rotatable bonds is 11. The van der Waals surface area contributed by atoms with Crippen molar-refractivity contribution in [2.75, 3.05) is 20.3 Å². The number of benzene rings is 2. The highest BCUT2D eigenvalue weighted by molar-refractivity contribution is 6.00. The summed E-state index contributed by atoms with van der Waals surface area (Å²) in [6.45, 7) is 12.8. The minimum atomic E-state index is -0.192. The van der Waals surface area contributed by atoms with Gasteiger partial charge in [-0.1, -0.05) is 81.1 Å². The number of carbonyl (C=O) groups excluding carboxylic acids is 3. The second-order valence-electron chi connectivity index (χ2n) is 8.43. The number of esters is 1. The van der Waals surface area contributed by atoms with Gasteiger partial charge in [-0.05, 0) is 29.7 Å². The number of methoxy groups -OCH3 is 1. The topological polar surface area (TPSA) is 84.9 Å². The second-order valence-corrected chi connectivity index (χ2v) is 8.43. The summed E-state index contributed by atoms with van der Waals surface area (Å²) in [4.78, 5) is 36.6. The van der Waals surface area contributed by atoms with Gasteiger partial charge in [-0.15, -0.1) is 0 Å². The number of carbonyl (C=O) groups is 3. The molecule has 1 N–H and O–H groups in total. The Morgan fingerprint density at radius 2 is 1.70 bits per heavy atom. The summed E-state index contributed by atoms with van der Waals surface area (Å²) in [6.07, 6.45) is 5.17. The van der Waals surface area contributed by atoms with E-state index in [9.17, 15) is 14.4 Å². The molecule has 2 amide bonds. The molecule has 7 nitrogen and oxygen atoms in total. The van der Waals surface area contributed by atoms with Crippen LogP contribution >= 0.6 is 0 Å². The molecule has 2 aromatic carbocycles. The smallest absolute Gasteiger partial charge is 0.305 e. The summed E-state index contributed by atoms with van der Waals surface area (Å²) in [5, 5.41) is 2.87. The maximum absolute atomic E-state index is 12.8. The summed E-state index contributed by atoms with van der Waals surface area (Å²) in [7, 11) is 1.38. The Bertz CT molecular complexity index is 1130. The van der Waals surface area contributed by atoms with E-state index in [4.69, 9.17) is 4.74 Å². The molecule has 7 heteroatoms. The van der Waals surface area contributed by atoms with E-state index in [1.54, 1.807) is 19.1 Å². The molecular weight excluding hydrogens is 468 g/mol. The second kappa shape index (κ2) is 15.1. The molecule has 2 aromatic rings. The molecule has 3 rings (SSSR count). The third-order valence-corrected chi connectivity index (χ3v) is 5.60. The van der Waals surface area contributed by atoms with E-state index in [1.165, 1.54) is 12.0 Å². The van der Waals surface area contributed by atoms with Crippen molar-refractivity contribution in [3.05, 3.63) is 102 Å². The monoisotopic (exact) mass is 504 g/mol. The van der Waals surface area contributed by atoms with Crippen LogP contribution in [0.2, 0.25) is 0 Å². The van der Waals surface area contributed by atoms with Gasteiger partial charge >= 0.3 is 5.97 Å². The lowest BCUT2D eigenvalue weighted by atomic mass is 10.1. The highest BCUT2D eigenvalue weighted by Crippen LogP contribution is 2.31. The molecule has 0 saturated heterocycles. The highest BCUT2D eigenvalue weighted by atomic mass is 16.5. The lowest BCUT2D eigenvalue weighted by Gasteiger charge is -2.15. The fourth-order valence-electron chi connectivity index (χ4n) is 3.37. The average molecular weight is 505 g/mol. The third-order valence-electron chi connectivity index (χ3n) is 5.60. The quantitative estimate of drug-likeness (QED) is 0.344. The van der Waals surface area contributed by atoms with Crippen LogP contribution in [0, 0.1) is 0 Å². The molecule has 37 heavy (non-hydrogen) atoms. The van der Waals surface area contributed by atoms with Gasteiger partial charge in [0.25, 0.3) is 5.91 Å². The summed E-state index contributed by atoms with van der Waals surface area (Å²) in [5.41, 5.74) is 4.23. The summed E-state index contributed by atoms with van der Waals surface area (Å²) < 4.78 is 10.2. The first kappa shape index (κ1) is 29.1. The van der Waals surface area contributed by atoms with Crippen LogP contribution in [0.1, 0.15) is 48.2 Å². The standard InChI is InChI=1S/C26H28N2O3.C4H8O2/c1-4-19(2)13-14-20(3)18-31-24-12-8-11-22-23(24)16-28(26(22)30)17-25(29)27-15-21-9-6-5-7-10-21;1-3-4(5)6-2/h5-14H,2-4,15-18H2,1H3,(H,27,29);3H2,1-2H3/b14-13-;. The number of allylic oxidation sites excluding steroid dienone is 2. The van der Waals surface area contributed by atoms with Gasteiger partial charge in [-0.25, -0.2) is 0 Å². The van der Waals surface area contributed by atoms with E-state index in [0.29, 0.717) is 37.4 Å². The van der Waals surface area contributed by atoms with Crippen LogP contribution in [0.15, 0.2) is 85.0 Å². The van der Waals surface area contributed by atoms with Crippen LogP contribution < -0.4 is 10.1 Å². The van der Waals surface area contributed by atoms with E-state index in [-0.39, 0.29) is 24.3 Å². The van der Waals surface area contributed by atoms with Gasteiger partial charge in [0.2, 0.25) is 5.91 Å². The Morgan fingerprint density at radius 3 is 2.32 bits per heavy atom. The predicted octanol–water partition coefficient (Wildman–Crippen LogP) is 4.99. The minimum absolute atomic E-state index is 0.00830. The Kier molecular flexibility index (Phi) is 11.9. The minimum Gasteiger partial charge on any atom is -0.489 e. The first-order valence-electron chi connectivity index (χ1n) is 12.2. The molecule has 1 aliphatic heterocycles. The molecule has 0 bridgehead atoms. The lowest BCUT2D eigenvalue weighted by molar-refractivity contribution is -0.140. The van der Waals surface area contributed by atoms with Crippen molar-refractivity contribution >= 4 is 17.8 Å². The largest absolute Gasteiger partial charge is 0.489 e. The van der Waals surface area contributed by atoms with Crippen molar-refractivity contribution in [1.29, 1.82) is 0 Å². The van der Waals surface area contributed by atoms with Gasteiger partial charge in [0, 0.05) is 24.1 Å². The molecule has 1 heterocycles. The number of fused-ring (bicyclic) bond motifs is 1. The Morgan fingerprint density at radius 1 is 1.00 bits per heavy atom. The molecule has 1 aliphatic rings. The van der Waals surface area contributed by atoms with Gasteiger partial charge in [0.05, 0.1) is 13.7 Å². The molecule has 0 spiro atoms. The normalized spacial score (nSPS) is 11.9. The number of ether oxygens (including phenoxy) is 2. The lowest BCUT2D eigenvalue weighted by Crippen LogP contribution is -2.37. The van der Waals surface area contributed by atoms with E-state index < -0.39 is 0 Å². The van der Waals surface area contributed by atoms with Crippen LogP contribution in [0.25, 0.3) is 0 Å². The molecule has 0 aromatic heterocycles. The fraction of sp³-hybridized carbons (Fsp3) is 0.300.